The van der Waals surface area contributed by atoms with Crippen molar-refractivity contribution in [2.24, 2.45) is 0 Å². The van der Waals surface area contributed by atoms with Crippen molar-refractivity contribution in [2.75, 3.05) is 32.8 Å². The predicted octanol–water partition coefficient (Wildman–Crippen LogP) is 2.17. The summed E-state index contributed by atoms with van der Waals surface area (Å²) < 4.78 is 5.35. The number of amides is 2. The molecule has 0 unspecified atom stereocenters. The number of para-hydroxylation sites is 1. The monoisotopic (exact) mass is 348 g/mol. The van der Waals surface area contributed by atoms with Gasteiger partial charge in [-0.05, 0) is 25.0 Å². The number of benzene rings is 1. The Morgan fingerprint density at radius 1 is 1.38 bits per heavy atom. The lowest BCUT2D eigenvalue weighted by Crippen LogP contribution is -2.46. The van der Waals surface area contributed by atoms with E-state index in [0.29, 0.717) is 18.1 Å². The number of allylic oxidation sites excluding steroid dienone is 1. The van der Waals surface area contributed by atoms with E-state index >= 15 is 0 Å². The van der Waals surface area contributed by atoms with E-state index in [9.17, 15) is 9.59 Å². The second-order valence-electron chi connectivity index (χ2n) is 6.04. The minimum absolute atomic E-state index is 0.0240. The van der Waals surface area contributed by atoms with Crippen LogP contribution in [0.2, 0.25) is 0 Å². The van der Waals surface area contributed by atoms with Crippen LogP contribution in [0, 0.1) is 0 Å². The summed E-state index contributed by atoms with van der Waals surface area (Å²) in [6.45, 7) is 1.93. The summed E-state index contributed by atoms with van der Waals surface area (Å²) in [6, 6.07) is 7.41. The molecule has 130 valence electrons. The van der Waals surface area contributed by atoms with Crippen LogP contribution >= 0.6 is 11.8 Å². The molecule has 0 aromatic heterocycles. The normalized spacial score (nSPS) is 17.8. The van der Waals surface area contributed by atoms with Gasteiger partial charge in [0.15, 0.2) is 0 Å². The predicted molar refractivity (Wildman–Crippen MR) is 97.1 cm³/mol. The van der Waals surface area contributed by atoms with Gasteiger partial charge in [-0.2, -0.15) is 0 Å². The molecule has 2 rings (SSSR count). The molecule has 0 radical (unpaired) electrons. The van der Waals surface area contributed by atoms with Gasteiger partial charge >= 0.3 is 0 Å². The van der Waals surface area contributed by atoms with Crippen molar-refractivity contribution >= 4 is 23.6 Å². The van der Waals surface area contributed by atoms with Crippen LogP contribution in [-0.2, 0) is 16.0 Å². The molecule has 0 aliphatic carbocycles. The zero-order valence-corrected chi connectivity index (χ0v) is 15.4. The first-order valence-electron chi connectivity index (χ1n) is 7.82. The van der Waals surface area contributed by atoms with Crippen LogP contribution < -0.4 is 4.74 Å². The summed E-state index contributed by atoms with van der Waals surface area (Å²) in [4.78, 5) is 28.0. The van der Waals surface area contributed by atoms with Crippen LogP contribution in [0.3, 0.4) is 0 Å². The summed E-state index contributed by atoms with van der Waals surface area (Å²) in [5.41, 5.74) is 1.98. The molecule has 1 aliphatic heterocycles. The molecule has 0 N–H and O–H groups in total. The maximum absolute atomic E-state index is 12.6. The molecule has 1 aromatic rings. The smallest absolute Gasteiger partial charge is 0.247 e. The van der Waals surface area contributed by atoms with Gasteiger partial charge in [0.1, 0.15) is 11.8 Å². The second-order valence-corrected chi connectivity index (χ2v) is 7.04. The lowest BCUT2D eigenvalue weighted by Gasteiger charge is -2.24. The van der Waals surface area contributed by atoms with Crippen LogP contribution in [-0.4, -0.2) is 60.5 Å². The van der Waals surface area contributed by atoms with Gasteiger partial charge in [0.2, 0.25) is 11.8 Å². The fraction of sp³-hybridized carbons (Fsp3) is 0.444. The van der Waals surface area contributed by atoms with E-state index in [0.717, 1.165) is 16.9 Å². The average Bonchev–Trinajstić information content (AvgIpc) is 3.04. The number of nitrogens with zero attached hydrogens (tertiary/aromatic N) is 2. The van der Waals surface area contributed by atoms with Crippen molar-refractivity contribution in [3.05, 3.63) is 41.5 Å². The Labute approximate surface area is 147 Å². The Kier molecular flexibility index (Phi) is 6.31. The average molecular weight is 348 g/mol. The topological polar surface area (TPSA) is 49.9 Å². The van der Waals surface area contributed by atoms with Gasteiger partial charge in [0.05, 0.1) is 13.0 Å². The summed E-state index contributed by atoms with van der Waals surface area (Å²) in [6.07, 6.45) is 2.28. The van der Waals surface area contributed by atoms with Gasteiger partial charge < -0.3 is 14.5 Å². The zero-order chi connectivity index (χ0) is 17.7. The Hall–Kier alpha value is -1.95. The van der Waals surface area contributed by atoms with E-state index in [2.05, 4.69) is 0 Å². The first-order valence-corrected chi connectivity index (χ1v) is 8.98. The van der Waals surface area contributed by atoms with Crippen LogP contribution in [0.5, 0.6) is 5.75 Å². The summed E-state index contributed by atoms with van der Waals surface area (Å²) in [7, 11) is 5.08. The van der Waals surface area contributed by atoms with E-state index in [-0.39, 0.29) is 17.9 Å². The zero-order valence-electron chi connectivity index (χ0n) is 14.6. The van der Waals surface area contributed by atoms with Gasteiger partial charge in [-0.3, -0.25) is 9.59 Å². The third kappa shape index (κ3) is 4.32. The molecule has 1 fully saturated rings. The number of likely N-dealkylation sites (N-methyl/N-ethyl adjacent to an activating group) is 1. The summed E-state index contributed by atoms with van der Waals surface area (Å²) >= 11 is 1.61. The van der Waals surface area contributed by atoms with Gasteiger partial charge in [-0.1, -0.05) is 23.8 Å². The molecule has 0 saturated carbocycles. The highest BCUT2D eigenvalue weighted by atomic mass is 32.2. The Bertz CT molecular complexity index is 643. The number of carbonyl (C=O) groups excluding carboxylic acids is 2. The standard InChI is InChI=1S/C18H24N2O3S/c1-13(9-14-7-5-6-8-16(14)23-4)10-17(21)20-12-24-11-15(20)18(22)19(2)3/h5-8,10,15H,9,11-12H2,1-4H3/b13-10+/t15-/m1/s1. The molecule has 24 heavy (non-hydrogen) atoms. The van der Waals surface area contributed by atoms with E-state index in [1.165, 1.54) is 0 Å². The third-order valence-electron chi connectivity index (χ3n) is 3.92. The molecule has 1 saturated heterocycles. The first-order chi connectivity index (χ1) is 11.4. The molecule has 1 atom stereocenters. The number of thioether (sulfide) groups is 1. The molecule has 2 amide bonds. The van der Waals surface area contributed by atoms with Crippen molar-refractivity contribution in [3.63, 3.8) is 0 Å². The highest BCUT2D eigenvalue weighted by Crippen LogP contribution is 2.24. The quantitative estimate of drug-likeness (QED) is 0.765. The van der Waals surface area contributed by atoms with Crippen molar-refractivity contribution in [1.82, 2.24) is 9.80 Å². The minimum Gasteiger partial charge on any atom is -0.496 e. The van der Waals surface area contributed by atoms with Crippen molar-refractivity contribution in [2.45, 2.75) is 19.4 Å². The lowest BCUT2D eigenvalue weighted by atomic mass is 10.0. The molecule has 1 heterocycles. The maximum atomic E-state index is 12.6. The molecular weight excluding hydrogens is 324 g/mol. The number of carbonyl (C=O) groups is 2. The Morgan fingerprint density at radius 3 is 2.75 bits per heavy atom. The number of hydrogen-bond donors (Lipinski definition) is 0. The first kappa shape index (κ1) is 18.4. The molecular formula is C18H24N2O3S. The summed E-state index contributed by atoms with van der Waals surface area (Å²) in [5, 5.41) is 0. The number of hydrogen-bond acceptors (Lipinski definition) is 4. The second kappa shape index (κ2) is 8.24. The SMILES string of the molecule is COc1ccccc1C/C(C)=C/C(=O)N1CSC[C@@H]1C(=O)N(C)C. The Morgan fingerprint density at radius 2 is 2.08 bits per heavy atom. The molecule has 5 nitrogen and oxygen atoms in total. The molecule has 1 aliphatic rings. The van der Waals surface area contributed by atoms with Crippen LogP contribution in [0.15, 0.2) is 35.9 Å². The van der Waals surface area contributed by atoms with Gasteiger partial charge in [0.25, 0.3) is 0 Å². The van der Waals surface area contributed by atoms with E-state index in [1.54, 1.807) is 48.8 Å². The molecule has 1 aromatic carbocycles. The highest BCUT2D eigenvalue weighted by Gasteiger charge is 2.34. The fourth-order valence-corrected chi connectivity index (χ4v) is 3.81. The number of methoxy groups -OCH3 is 1. The maximum Gasteiger partial charge on any atom is 0.247 e. The number of ether oxygens (including phenoxy) is 1. The van der Waals surface area contributed by atoms with Crippen LogP contribution in [0.4, 0.5) is 0 Å². The van der Waals surface area contributed by atoms with Crippen molar-refractivity contribution < 1.29 is 14.3 Å². The lowest BCUT2D eigenvalue weighted by molar-refractivity contribution is -0.139. The third-order valence-corrected chi connectivity index (χ3v) is 4.94. The largest absolute Gasteiger partial charge is 0.496 e. The minimum atomic E-state index is -0.368. The summed E-state index contributed by atoms with van der Waals surface area (Å²) in [5.74, 6) is 1.90. The van der Waals surface area contributed by atoms with Gasteiger partial charge in [-0.15, -0.1) is 11.8 Å². The van der Waals surface area contributed by atoms with Gasteiger partial charge in [-0.25, -0.2) is 0 Å². The molecule has 0 spiro atoms. The van der Waals surface area contributed by atoms with E-state index in [4.69, 9.17) is 4.74 Å². The highest BCUT2D eigenvalue weighted by molar-refractivity contribution is 7.99. The molecule has 0 bridgehead atoms. The molecule has 6 heteroatoms. The number of rotatable bonds is 5. The van der Waals surface area contributed by atoms with E-state index in [1.807, 2.05) is 31.2 Å². The van der Waals surface area contributed by atoms with Crippen LogP contribution in [0.1, 0.15) is 12.5 Å². The fourth-order valence-electron chi connectivity index (χ4n) is 2.66. The van der Waals surface area contributed by atoms with Crippen molar-refractivity contribution in [1.29, 1.82) is 0 Å². The van der Waals surface area contributed by atoms with Crippen molar-refractivity contribution in [3.8, 4) is 5.75 Å². The van der Waals surface area contributed by atoms with Crippen LogP contribution in [0.25, 0.3) is 0 Å². The Balaban J connectivity index is 2.09. The van der Waals surface area contributed by atoms with Gasteiger partial charge in [0, 0.05) is 25.9 Å². The van der Waals surface area contributed by atoms with E-state index < -0.39 is 0 Å².